The molecule has 0 saturated heterocycles. The fourth-order valence-electron chi connectivity index (χ4n) is 0.656. The Bertz CT molecular complexity index is 134. The molecule has 0 aromatic heterocycles. The van der Waals surface area contributed by atoms with Crippen molar-refractivity contribution in [3.63, 3.8) is 0 Å². The van der Waals surface area contributed by atoms with Crippen molar-refractivity contribution in [3.8, 4) is 0 Å². The summed E-state index contributed by atoms with van der Waals surface area (Å²) in [6.07, 6.45) is 0.253. The molecule has 0 saturated carbocycles. The number of aliphatic hydroxyl groups excluding tert-OH is 1. The van der Waals surface area contributed by atoms with E-state index in [0.29, 0.717) is 19.4 Å². The zero-order valence-corrected chi connectivity index (χ0v) is 7.59. The number of quaternary nitrogens is 2. The largest absolute Gasteiger partial charge is 1.00 e. The van der Waals surface area contributed by atoms with E-state index in [1.54, 1.807) is 0 Å². The monoisotopic (exact) mass is 198 g/mol. The maximum Gasteiger partial charge on any atom is 0.125 e. The van der Waals surface area contributed by atoms with Crippen LogP contribution in [0, 0.1) is 0 Å². The van der Waals surface area contributed by atoms with E-state index in [2.05, 4.69) is 11.5 Å². The molecule has 5 nitrogen and oxygen atoms in total. The van der Waals surface area contributed by atoms with Gasteiger partial charge in [0.15, 0.2) is 0 Å². The van der Waals surface area contributed by atoms with Gasteiger partial charge in [0.2, 0.25) is 0 Å². The molecule has 0 unspecified atom stereocenters. The number of carbonyl (C=O) groups is 1. The summed E-state index contributed by atoms with van der Waals surface area (Å²) in [5, 5.41) is 19.1. The Labute approximate surface area is 77.1 Å². The van der Waals surface area contributed by atoms with E-state index < -0.39 is 18.1 Å². The summed E-state index contributed by atoms with van der Waals surface area (Å²) in [5.41, 5.74) is 6.83. The molecule has 7 N–H and O–H groups in total. The molecule has 74 valence electrons. The van der Waals surface area contributed by atoms with Gasteiger partial charge in [-0.3, -0.25) is 0 Å². The molecule has 0 bridgehead atoms. The van der Waals surface area contributed by atoms with E-state index >= 15 is 0 Å². The fraction of sp³-hybridized carbons (Fsp3) is 0.833. The summed E-state index contributed by atoms with van der Waals surface area (Å²) in [7, 11) is 0. The highest BCUT2D eigenvalue weighted by atomic mass is 35.5. The first kappa shape index (κ1) is 14.2. The number of aliphatic hydroxyl groups is 1. The SMILES string of the molecule is [Cl-].[NH3+]C[C@H](O)CC[C@H]([NH3+])C(=O)[O-]. The molecule has 0 spiro atoms. The van der Waals surface area contributed by atoms with Crippen LogP contribution in [-0.4, -0.2) is 29.8 Å². The Hall–Kier alpha value is -0.360. The van der Waals surface area contributed by atoms with Crippen molar-refractivity contribution in [2.45, 2.75) is 25.0 Å². The normalized spacial score (nSPS) is 14.6. The molecule has 0 fully saturated rings. The quantitative estimate of drug-likeness (QED) is 0.408. The third-order valence-electron chi connectivity index (χ3n) is 1.51. The maximum atomic E-state index is 10.1. The molecule has 6 heteroatoms. The summed E-state index contributed by atoms with van der Waals surface area (Å²) >= 11 is 0. The van der Waals surface area contributed by atoms with Gasteiger partial charge in [-0.05, 0) is 6.42 Å². The van der Waals surface area contributed by atoms with Gasteiger partial charge in [-0.25, -0.2) is 0 Å². The van der Waals surface area contributed by atoms with E-state index in [0.717, 1.165) is 0 Å². The average Bonchev–Trinajstić information content (AvgIpc) is 1.99. The Balaban J connectivity index is 0. The Morgan fingerprint density at radius 2 is 2.00 bits per heavy atom. The third kappa shape index (κ3) is 6.36. The Morgan fingerprint density at radius 3 is 2.33 bits per heavy atom. The molecule has 0 radical (unpaired) electrons. The molecule has 0 amide bonds. The molecule has 0 aliphatic carbocycles. The van der Waals surface area contributed by atoms with Gasteiger partial charge < -0.3 is 38.9 Å². The molecule has 0 heterocycles. The van der Waals surface area contributed by atoms with Crippen molar-refractivity contribution >= 4 is 5.97 Å². The van der Waals surface area contributed by atoms with Crippen molar-refractivity contribution in [2.75, 3.05) is 6.54 Å². The minimum absolute atomic E-state index is 0. The van der Waals surface area contributed by atoms with E-state index in [4.69, 9.17) is 5.11 Å². The van der Waals surface area contributed by atoms with Gasteiger partial charge in [0.1, 0.15) is 18.7 Å². The molecule has 0 aliphatic heterocycles. The zero-order chi connectivity index (χ0) is 8.85. The van der Waals surface area contributed by atoms with Crippen molar-refractivity contribution in [1.29, 1.82) is 0 Å². The number of carboxylic acid groups (broad SMARTS) is 1. The average molecular weight is 199 g/mol. The van der Waals surface area contributed by atoms with Crippen LogP contribution in [0.2, 0.25) is 0 Å². The number of aliphatic carboxylic acids is 1. The second kappa shape index (κ2) is 7.30. The van der Waals surface area contributed by atoms with Crippen LogP contribution in [0.25, 0.3) is 0 Å². The van der Waals surface area contributed by atoms with E-state index in [9.17, 15) is 9.90 Å². The summed E-state index contributed by atoms with van der Waals surface area (Å²) in [4.78, 5) is 10.1. The summed E-state index contributed by atoms with van der Waals surface area (Å²) in [6, 6.07) is -0.726. The highest BCUT2D eigenvalue weighted by Gasteiger charge is 2.10. The van der Waals surface area contributed by atoms with Crippen molar-refractivity contribution in [2.24, 2.45) is 0 Å². The molecule has 0 aromatic carbocycles. The van der Waals surface area contributed by atoms with Crippen LogP contribution < -0.4 is 29.0 Å². The number of hydrogen-bond acceptors (Lipinski definition) is 3. The van der Waals surface area contributed by atoms with Gasteiger partial charge in [-0.2, -0.15) is 0 Å². The molecule has 0 aliphatic rings. The molecule has 0 rings (SSSR count). The van der Waals surface area contributed by atoms with Crippen LogP contribution in [0.5, 0.6) is 0 Å². The van der Waals surface area contributed by atoms with Crippen LogP contribution in [-0.2, 0) is 4.79 Å². The predicted molar refractivity (Wildman–Crippen MR) is 34.7 cm³/mol. The van der Waals surface area contributed by atoms with Crippen molar-refractivity contribution < 1.29 is 38.9 Å². The fourth-order valence-corrected chi connectivity index (χ4v) is 0.656. The van der Waals surface area contributed by atoms with Crippen LogP contribution in [0.4, 0.5) is 0 Å². The summed E-state index contributed by atoms with van der Waals surface area (Å²) in [6.45, 7) is 0.403. The first-order chi connectivity index (χ1) is 5.07. The van der Waals surface area contributed by atoms with Gasteiger partial charge in [-0.15, -0.1) is 0 Å². The number of rotatable bonds is 5. The molecule has 2 atom stereocenters. The van der Waals surface area contributed by atoms with Crippen molar-refractivity contribution in [1.82, 2.24) is 0 Å². The third-order valence-corrected chi connectivity index (χ3v) is 1.51. The lowest BCUT2D eigenvalue weighted by Crippen LogP contribution is -3.00. The summed E-state index contributed by atoms with van der Waals surface area (Å²) < 4.78 is 0. The summed E-state index contributed by atoms with van der Waals surface area (Å²) in [5.74, 6) is -1.17. The second-order valence-corrected chi connectivity index (χ2v) is 2.54. The number of hydrogen-bond donors (Lipinski definition) is 3. The first-order valence-corrected chi connectivity index (χ1v) is 3.59. The lowest BCUT2D eigenvalue weighted by atomic mass is 10.1. The van der Waals surface area contributed by atoms with Gasteiger partial charge >= 0.3 is 0 Å². The molecule has 12 heavy (non-hydrogen) atoms. The Morgan fingerprint density at radius 1 is 1.50 bits per heavy atom. The van der Waals surface area contributed by atoms with E-state index in [1.807, 2.05) is 0 Å². The number of halogens is 1. The number of carboxylic acids is 1. The van der Waals surface area contributed by atoms with Crippen LogP contribution in [0.15, 0.2) is 0 Å². The van der Waals surface area contributed by atoms with Crippen LogP contribution >= 0.6 is 0 Å². The van der Waals surface area contributed by atoms with Crippen LogP contribution in [0.1, 0.15) is 12.8 Å². The van der Waals surface area contributed by atoms with Gasteiger partial charge in [0.25, 0.3) is 0 Å². The van der Waals surface area contributed by atoms with Crippen LogP contribution in [0.3, 0.4) is 0 Å². The second-order valence-electron chi connectivity index (χ2n) is 2.54. The lowest BCUT2D eigenvalue weighted by Gasteiger charge is -2.10. The Kier molecular flexibility index (Phi) is 8.62. The van der Waals surface area contributed by atoms with E-state index in [1.165, 1.54) is 0 Å². The highest BCUT2D eigenvalue weighted by Crippen LogP contribution is 1.96. The standard InChI is InChI=1S/C6H14N2O3.ClH/c7-3-4(9)1-2-5(8)6(10)11;/h4-5,9H,1-3,7-8H2,(H,10,11);1H/t4-,5+;/m1./s1. The first-order valence-electron chi connectivity index (χ1n) is 3.59. The topological polar surface area (TPSA) is 116 Å². The minimum atomic E-state index is -1.17. The van der Waals surface area contributed by atoms with Gasteiger partial charge in [-0.1, -0.05) is 0 Å². The maximum absolute atomic E-state index is 10.1. The smallest absolute Gasteiger partial charge is 0.125 e. The predicted octanol–water partition coefficient (Wildman–Crippen LogP) is -7.27. The zero-order valence-electron chi connectivity index (χ0n) is 6.83. The van der Waals surface area contributed by atoms with E-state index in [-0.39, 0.29) is 12.4 Å². The minimum Gasteiger partial charge on any atom is -1.00 e. The lowest BCUT2D eigenvalue weighted by molar-refractivity contribution is -0.439. The molecular weight excluding hydrogens is 184 g/mol. The highest BCUT2D eigenvalue weighted by molar-refractivity contribution is 5.68. The number of carbonyl (C=O) groups excluding carboxylic acids is 1. The molecular formula is C6H15ClN2O3. The van der Waals surface area contributed by atoms with Crippen molar-refractivity contribution in [3.05, 3.63) is 0 Å². The van der Waals surface area contributed by atoms with Gasteiger partial charge in [0.05, 0.1) is 5.97 Å². The van der Waals surface area contributed by atoms with Gasteiger partial charge in [0, 0.05) is 6.42 Å². The molecule has 0 aromatic rings.